The Morgan fingerprint density at radius 1 is 1.67 bits per heavy atom. The Hall–Kier alpha value is -0.600. The third kappa shape index (κ3) is 2.47. The summed E-state index contributed by atoms with van der Waals surface area (Å²) in [5.74, 6) is 0. The molecule has 0 fully saturated rings. The van der Waals surface area contributed by atoms with E-state index in [1.54, 1.807) is 6.20 Å². The predicted octanol–water partition coefficient (Wildman–Crippen LogP) is 2.41. The van der Waals surface area contributed by atoms with Crippen LogP contribution >= 0.6 is 11.6 Å². The molecule has 0 aliphatic rings. The van der Waals surface area contributed by atoms with Crippen molar-refractivity contribution in [3.8, 4) is 0 Å². The second-order valence-electron chi connectivity index (χ2n) is 2.69. The third-order valence-corrected chi connectivity index (χ3v) is 1.97. The highest BCUT2D eigenvalue weighted by atomic mass is 35.5. The van der Waals surface area contributed by atoms with E-state index in [1.807, 2.05) is 12.1 Å². The SMILES string of the molecule is CCN[C@H](C)c1ccnc(Cl)c1. The lowest BCUT2D eigenvalue weighted by Gasteiger charge is -2.11. The van der Waals surface area contributed by atoms with Crippen LogP contribution in [0.5, 0.6) is 0 Å². The van der Waals surface area contributed by atoms with Crippen LogP contribution in [-0.4, -0.2) is 11.5 Å². The molecule has 2 nitrogen and oxygen atoms in total. The molecule has 0 amide bonds. The first-order chi connectivity index (χ1) is 5.74. The standard InChI is InChI=1S/C9H13ClN2/c1-3-11-7(2)8-4-5-12-9(10)6-8/h4-7,11H,3H2,1-2H3/t7-/m1/s1. The van der Waals surface area contributed by atoms with Gasteiger partial charge in [0.05, 0.1) is 0 Å². The van der Waals surface area contributed by atoms with E-state index < -0.39 is 0 Å². The molecule has 0 aliphatic carbocycles. The van der Waals surface area contributed by atoms with Gasteiger partial charge in [0.15, 0.2) is 0 Å². The van der Waals surface area contributed by atoms with Gasteiger partial charge in [0.1, 0.15) is 5.15 Å². The molecule has 12 heavy (non-hydrogen) atoms. The minimum Gasteiger partial charge on any atom is -0.310 e. The number of nitrogens with zero attached hydrogens (tertiary/aromatic N) is 1. The fourth-order valence-electron chi connectivity index (χ4n) is 1.11. The largest absolute Gasteiger partial charge is 0.310 e. The van der Waals surface area contributed by atoms with Gasteiger partial charge in [-0.25, -0.2) is 4.98 Å². The molecule has 0 radical (unpaired) electrons. The van der Waals surface area contributed by atoms with Gasteiger partial charge < -0.3 is 5.32 Å². The highest BCUT2D eigenvalue weighted by Crippen LogP contribution is 2.14. The van der Waals surface area contributed by atoms with E-state index in [0.29, 0.717) is 11.2 Å². The number of rotatable bonds is 3. The maximum atomic E-state index is 5.75. The number of halogens is 1. The summed E-state index contributed by atoms with van der Waals surface area (Å²) in [4.78, 5) is 3.92. The van der Waals surface area contributed by atoms with Crippen molar-refractivity contribution in [3.63, 3.8) is 0 Å². The molecule has 0 bridgehead atoms. The molecule has 1 rings (SSSR count). The van der Waals surface area contributed by atoms with Crippen LogP contribution in [0, 0.1) is 0 Å². The molecule has 0 aromatic carbocycles. The van der Waals surface area contributed by atoms with Crippen molar-refractivity contribution < 1.29 is 0 Å². The Balaban J connectivity index is 2.73. The molecule has 1 N–H and O–H groups in total. The van der Waals surface area contributed by atoms with Crippen molar-refractivity contribution >= 4 is 11.6 Å². The number of hydrogen-bond donors (Lipinski definition) is 1. The molecule has 0 unspecified atom stereocenters. The number of aromatic nitrogens is 1. The van der Waals surface area contributed by atoms with Crippen molar-refractivity contribution in [3.05, 3.63) is 29.0 Å². The Kier molecular flexibility index (Phi) is 3.50. The highest BCUT2D eigenvalue weighted by molar-refractivity contribution is 6.29. The number of pyridine rings is 1. The molecule has 66 valence electrons. The van der Waals surface area contributed by atoms with E-state index in [-0.39, 0.29) is 0 Å². The van der Waals surface area contributed by atoms with Gasteiger partial charge >= 0.3 is 0 Å². The lowest BCUT2D eigenvalue weighted by molar-refractivity contribution is 0.597. The van der Waals surface area contributed by atoms with Gasteiger partial charge in [0.2, 0.25) is 0 Å². The smallest absolute Gasteiger partial charge is 0.129 e. The van der Waals surface area contributed by atoms with Gasteiger partial charge in [-0.15, -0.1) is 0 Å². The molecule has 0 saturated heterocycles. The number of nitrogens with one attached hydrogen (secondary N) is 1. The number of hydrogen-bond acceptors (Lipinski definition) is 2. The van der Waals surface area contributed by atoms with E-state index in [2.05, 4.69) is 24.1 Å². The van der Waals surface area contributed by atoms with Crippen molar-refractivity contribution in [1.82, 2.24) is 10.3 Å². The first-order valence-electron chi connectivity index (χ1n) is 4.09. The molecular formula is C9H13ClN2. The molecular weight excluding hydrogens is 172 g/mol. The van der Waals surface area contributed by atoms with E-state index in [0.717, 1.165) is 6.54 Å². The molecule has 0 saturated carbocycles. The van der Waals surface area contributed by atoms with Gasteiger partial charge in [-0.3, -0.25) is 0 Å². The van der Waals surface area contributed by atoms with Crippen LogP contribution in [0.3, 0.4) is 0 Å². The van der Waals surface area contributed by atoms with Gasteiger partial charge in [-0.05, 0) is 31.2 Å². The van der Waals surface area contributed by atoms with Gasteiger partial charge in [-0.2, -0.15) is 0 Å². The molecule has 1 heterocycles. The summed E-state index contributed by atoms with van der Waals surface area (Å²) in [6.07, 6.45) is 1.73. The molecule has 0 spiro atoms. The average Bonchev–Trinajstić information content (AvgIpc) is 2.05. The molecule has 1 aromatic heterocycles. The zero-order valence-corrected chi connectivity index (χ0v) is 8.10. The third-order valence-electron chi connectivity index (χ3n) is 1.76. The van der Waals surface area contributed by atoms with Crippen LogP contribution in [0.4, 0.5) is 0 Å². The second kappa shape index (κ2) is 4.43. The maximum absolute atomic E-state index is 5.75. The van der Waals surface area contributed by atoms with E-state index in [1.165, 1.54) is 5.56 Å². The normalized spacial score (nSPS) is 12.9. The molecule has 1 aromatic rings. The van der Waals surface area contributed by atoms with Crippen molar-refractivity contribution in [2.75, 3.05) is 6.54 Å². The Bertz CT molecular complexity index is 250. The van der Waals surface area contributed by atoms with Crippen LogP contribution in [0.15, 0.2) is 18.3 Å². The minimum atomic E-state index is 0.343. The monoisotopic (exact) mass is 184 g/mol. The molecule has 0 aliphatic heterocycles. The fourth-order valence-corrected chi connectivity index (χ4v) is 1.29. The van der Waals surface area contributed by atoms with Gasteiger partial charge in [0, 0.05) is 12.2 Å². The Labute approximate surface area is 78.0 Å². The van der Waals surface area contributed by atoms with Crippen molar-refractivity contribution in [1.29, 1.82) is 0 Å². The minimum absolute atomic E-state index is 0.343. The Morgan fingerprint density at radius 2 is 2.42 bits per heavy atom. The Morgan fingerprint density at radius 3 is 3.00 bits per heavy atom. The first kappa shape index (κ1) is 9.49. The van der Waals surface area contributed by atoms with Crippen LogP contribution in [0.1, 0.15) is 25.5 Å². The summed E-state index contributed by atoms with van der Waals surface area (Å²) in [5.41, 5.74) is 1.18. The summed E-state index contributed by atoms with van der Waals surface area (Å²) in [6, 6.07) is 4.20. The fraction of sp³-hybridized carbons (Fsp3) is 0.444. The summed E-state index contributed by atoms with van der Waals surface area (Å²) >= 11 is 5.75. The summed E-state index contributed by atoms with van der Waals surface area (Å²) in [5, 5.41) is 3.86. The summed E-state index contributed by atoms with van der Waals surface area (Å²) in [7, 11) is 0. The van der Waals surface area contributed by atoms with Gasteiger partial charge in [-0.1, -0.05) is 18.5 Å². The molecule has 3 heteroatoms. The lowest BCUT2D eigenvalue weighted by atomic mass is 10.1. The topological polar surface area (TPSA) is 24.9 Å². The predicted molar refractivity (Wildman–Crippen MR) is 51.3 cm³/mol. The quantitative estimate of drug-likeness (QED) is 0.730. The van der Waals surface area contributed by atoms with E-state index >= 15 is 0 Å². The highest BCUT2D eigenvalue weighted by Gasteiger charge is 2.02. The van der Waals surface area contributed by atoms with E-state index in [9.17, 15) is 0 Å². The van der Waals surface area contributed by atoms with Crippen LogP contribution in [0.2, 0.25) is 5.15 Å². The lowest BCUT2D eigenvalue weighted by Crippen LogP contribution is -2.17. The summed E-state index contributed by atoms with van der Waals surface area (Å²) in [6.45, 7) is 5.15. The van der Waals surface area contributed by atoms with Crippen LogP contribution < -0.4 is 5.32 Å². The van der Waals surface area contributed by atoms with Crippen LogP contribution in [0.25, 0.3) is 0 Å². The zero-order chi connectivity index (χ0) is 8.97. The second-order valence-corrected chi connectivity index (χ2v) is 3.08. The summed E-state index contributed by atoms with van der Waals surface area (Å²) < 4.78 is 0. The van der Waals surface area contributed by atoms with Crippen molar-refractivity contribution in [2.24, 2.45) is 0 Å². The zero-order valence-electron chi connectivity index (χ0n) is 7.34. The first-order valence-corrected chi connectivity index (χ1v) is 4.46. The van der Waals surface area contributed by atoms with E-state index in [4.69, 9.17) is 11.6 Å². The van der Waals surface area contributed by atoms with Gasteiger partial charge in [0.25, 0.3) is 0 Å². The van der Waals surface area contributed by atoms with Crippen LogP contribution in [-0.2, 0) is 0 Å². The maximum Gasteiger partial charge on any atom is 0.129 e. The molecule has 1 atom stereocenters. The van der Waals surface area contributed by atoms with Crippen molar-refractivity contribution in [2.45, 2.75) is 19.9 Å². The average molecular weight is 185 g/mol.